The second kappa shape index (κ2) is 4.71. The predicted molar refractivity (Wildman–Crippen MR) is 63.8 cm³/mol. The molecule has 1 radical (unpaired) electrons. The number of methoxy groups -OCH3 is 2. The normalized spacial score (nSPS) is 9.88. The van der Waals surface area contributed by atoms with Crippen molar-refractivity contribution in [2.75, 3.05) is 14.2 Å². The van der Waals surface area contributed by atoms with E-state index < -0.39 is 0 Å². The minimum absolute atomic E-state index is 0.719. The molecule has 0 aliphatic heterocycles. The van der Waals surface area contributed by atoms with Crippen molar-refractivity contribution >= 4 is 0 Å². The van der Waals surface area contributed by atoms with Crippen LogP contribution in [0.2, 0.25) is 0 Å². The van der Waals surface area contributed by atoms with E-state index in [-0.39, 0.29) is 0 Å². The van der Waals surface area contributed by atoms with E-state index >= 15 is 0 Å². The van der Waals surface area contributed by atoms with Gasteiger partial charge < -0.3 is 9.47 Å². The molecule has 2 aromatic carbocycles. The van der Waals surface area contributed by atoms with Gasteiger partial charge in [0.25, 0.3) is 0 Å². The Labute approximate surface area is 95.4 Å². The van der Waals surface area contributed by atoms with Gasteiger partial charge in [0.05, 0.1) is 14.2 Å². The number of benzene rings is 2. The van der Waals surface area contributed by atoms with Crippen molar-refractivity contribution in [3.63, 3.8) is 0 Å². The van der Waals surface area contributed by atoms with E-state index in [0.29, 0.717) is 0 Å². The largest absolute Gasteiger partial charge is 0.493 e. The van der Waals surface area contributed by atoms with Crippen LogP contribution in [-0.4, -0.2) is 14.2 Å². The average Bonchev–Trinajstić information content (AvgIpc) is 2.38. The fraction of sp³-hybridized carbons (Fsp3) is 0.143. The zero-order chi connectivity index (χ0) is 11.4. The fourth-order valence-corrected chi connectivity index (χ4v) is 1.65. The lowest BCUT2D eigenvalue weighted by atomic mass is 10.0. The number of hydrogen-bond acceptors (Lipinski definition) is 2. The van der Waals surface area contributed by atoms with Crippen molar-refractivity contribution < 1.29 is 9.47 Å². The van der Waals surface area contributed by atoms with E-state index in [2.05, 4.69) is 6.07 Å². The van der Waals surface area contributed by atoms with Gasteiger partial charge in [-0.05, 0) is 23.8 Å². The van der Waals surface area contributed by atoms with Gasteiger partial charge in [0.15, 0.2) is 11.5 Å². The van der Waals surface area contributed by atoms with E-state index in [0.717, 1.165) is 22.6 Å². The highest BCUT2D eigenvalue weighted by atomic mass is 16.5. The van der Waals surface area contributed by atoms with Crippen LogP contribution in [0.15, 0.2) is 42.5 Å². The summed E-state index contributed by atoms with van der Waals surface area (Å²) in [5, 5.41) is 0. The minimum atomic E-state index is 0.719. The first-order valence-electron chi connectivity index (χ1n) is 5.05. The van der Waals surface area contributed by atoms with Crippen molar-refractivity contribution in [1.82, 2.24) is 0 Å². The molecule has 0 spiro atoms. The van der Waals surface area contributed by atoms with Crippen LogP contribution in [0.1, 0.15) is 0 Å². The topological polar surface area (TPSA) is 18.5 Å². The standard InChI is InChI=1S/C14H13O2/c1-15-13-10-6-9-12(14(13)16-2)11-7-4-3-5-8-11/h3-8,10H,1-2H3. The lowest BCUT2D eigenvalue weighted by Crippen LogP contribution is -1.93. The maximum atomic E-state index is 5.37. The van der Waals surface area contributed by atoms with Crippen molar-refractivity contribution in [1.29, 1.82) is 0 Å². The van der Waals surface area contributed by atoms with E-state index in [1.54, 1.807) is 14.2 Å². The molecule has 2 heteroatoms. The summed E-state index contributed by atoms with van der Waals surface area (Å²) < 4.78 is 10.6. The Morgan fingerprint density at radius 1 is 0.938 bits per heavy atom. The lowest BCUT2D eigenvalue weighted by molar-refractivity contribution is 0.356. The van der Waals surface area contributed by atoms with Crippen LogP contribution >= 0.6 is 0 Å². The Bertz CT molecular complexity index is 463. The van der Waals surface area contributed by atoms with Gasteiger partial charge in [0.2, 0.25) is 0 Å². The molecule has 81 valence electrons. The molecule has 2 nitrogen and oxygen atoms in total. The predicted octanol–water partition coefficient (Wildman–Crippen LogP) is 3.17. The smallest absolute Gasteiger partial charge is 0.169 e. The third kappa shape index (κ3) is 1.87. The van der Waals surface area contributed by atoms with Gasteiger partial charge in [-0.3, -0.25) is 0 Å². The monoisotopic (exact) mass is 213 g/mol. The summed E-state index contributed by atoms with van der Waals surface area (Å²) in [7, 11) is 3.27. The highest BCUT2D eigenvalue weighted by Crippen LogP contribution is 2.36. The van der Waals surface area contributed by atoms with Gasteiger partial charge >= 0.3 is 0 Å². The molecule has 2 aromatic rings. The quantitative estimate of drug-likeness (QED) is 0.779. The molecule has 0 heterocycles. The first-order chi connectivity index (χ1) is 7.86. The summed E-state index contributed by atoms with van der Waals surface area (Å²) >= 11 is 0. The molecule has 0 unspecified atom stereocenters. The molecule has 0 atom stereocenters. The molecule has 0 aliphatic rings. The summed E-state index contributed by atoms with van der Waals surface area (Å²) in [5.41, 5.74) is 1.99. The zero-order valence-electron chi connectivity index (χ0n) is 9.36. The maximum absolute atomic E-state index is 5.37. The summed E-state index contributed by atoms with van der Waals surface area (Å²) in [6.45, 7) is 0. The van der Waals surface area contributed by atoms with E-state index in [4.69, 9.17) is 9.47 Å². The number of rotatable bonds is 3. The van der Waals surface area contributed by atoms with Crippen molar-refractivity contribution in [3.05, 3.63) is 48.5 Å². The molecule has 0 bridgehead atoms. The van der Waals surface area contributed by atoms with E-state index in [1.165, 1.54) is 0 Å². The zero-order valence-corrected chi connectivity index (χ0v) is 9.36. The first-order valence-corrected chi connectivity index (χ1v) is 5.05. The summed E-state index contributed by atoms with van der Waals surface area (Å²) in [4.78, 5) is 0. The van der Waals surface area contributed by atoms with Gasteiger partial charge in [-0.2, -0.15) is 0 Å². The number of hydrogen-bond donors (Lipinski definition) is 0. The summed E-state index contributed by atoms with van der Waals surface area (Å²) in [5.74, 6) is 1.44. The third-order valence-electron chi connectivity index (χ3n) is 2.40. The Morgan fingerprint density at radius 3 is 2.31 bits per heavy atom. The Morgan fingerprint density at radius 2 is 1.69 bits per heavy atom. The first kappa shape index (κ1) is 10.6. The van der Waals surface area contributed by atoms with Gasteiger partial charge in [0.1, 0.15) is 0 Å². The van der Waals surface area contributed by atoms with Gasteiger partial charge in [0, 0.05) is 5.56 Å². The molecular weight excluding hydrogens is 200 g/mol. The summed E-state index contributed by atoms with van der Waals surface area (Å²) in [6, 6.07) is 16.9. The molecule has 0 amide bonds. The Balaban J connectivity index is 2.57. The van der Waals surface area contributed by atoms with Crippen molar-refractivity contribution in [2.45, 2.75) is 0 Å². The Kier molecular flexibility index (Phi) is 3.10. The molecule has 0 saturated carbocycles. The van der Waals surface area contributed by atoms with Crippen LogP contribution in [0, 0.1) is 6.07 Å². The van der Waals surface area contributed by atoms with Gasteiger partial charge in [-0.25, -0.2) is 0 Å². The van der Waals surface area contributed by atoms with Crippen LogP contribution in [0.4, 0.5) is 0 Å². The molecular formula is C14H13O2. The molecule has 0 saturated heterocycles. The van der Waals surface area contributed by atoms with Crippen LogP contribution in [-0.2, 0) is 0 Å². The van der Waals surface area contributed by atoms with Crippen LogP contribution in [0.5, 0.6) is 11.5 Å². The molecule has 0 fully saturated rings. The Hall–Kier alpha value is -1.96. The van der Waals surface area contributed by atoms with Crippen molar-refractivity contribution in [3.8, 4) is 22.6 Å². The molecule has 0 N–H and O–H groups in total. The average molecular weight is 213 g/mol. The minimum Gasteiger partial charge on any atom is -0.493 e. The fourth-order valence-electron chi connectivity index (χ4n) is 1.65. The maximum Gasteiger partial charge on any atom is 0.169 e. The number of ether oxygens (including phenoxy) is 2. The molecule has 16 heavy (non-hydrogen) atoms. The van der Waals surface area contributed by atoms with Crippen LogP contribution in [0.3, 0.4) is 0 Å². The molecule has 0 aliphatic carbocycles. The second-order valence-corrected chi connectivity index (χ2v) is 3.32. The highest BCUT2D eigenvalue weighted by molar-refractivity contribution is 5.73. The lowest BCUT2D eigenvalue weighted by Gasteiger charge is -2.11. The van der Waals surface area contributed by atoms with E-state index in [9.17, 15) is 0 Å². The van der Waals surface area contributed by atoms with Crippen molar-refractivity contribution in [2.24, 2.45) is 0 Å². The van der Waals surface area contributed by atoms with Crippen LogP contribution < -0.4 is 9.47 Å². The third-order valence-corrected chi connectivity index (χ3v) is 2.40. The van der Waals surface area contributed by atoms with Crippen LogP contribution in [0.25, 0.3) is 11.1 Å². The van der Waals surface area contributed by atoms with E-state index in [1.807, 2.05) is 42.5 Å². The van der Waals surface area contributed by atoms with Gasteiger partial charge in [-0.1, -0.05) is 30.3 Å². The SMILES string of the molecule is COc1cc[c]c(-c2ccccc2)c1OC. The molecule has 0 aromatic heterocycles. The molecule has 2 rings (SSSR count). The second-order valence-electron chi connectivity index (χ2n) is 3.32. The van der Waals surface area contributed by atoms with Gasteiger partial charge in [-0.15, -0.1) is 0 Å². The summed E-state index contributed by atoms with van der Waals surface area (Å²) in [6.07, 6.45) is 0. The highest BCUT2D eigenvalue weighted by Gasteiger charge is 2.10.